The summed E-state index contributed by atoms with van der Waals surface area (Å²) in [4.78, 5) is 16.9. The number of thiazole rings is 1. The van der Waals surface area contributed by atoms with Crippen LogP contribution in [0.4, 0.5) is 5.13 Å². The standard InChI is InChI=1S/C20H12Cl2N2OS/c21-15-7-8-16(17(22)10-15)19(25)24-20-23-18(11-26-20)14-6-5-12-3-1-2-4-13(12)9-14/h1-11H,(H,23,24,25). The monoisotopic (exact) mass is 398 g/mol. The van der Waals surface area contributed by atoms with E-state index < -0.39 is 0 Å². The Morgan fingerprint density at radius 3 is 2.58 bits per heavy atom. The zero-order valence-corrected chi connectivity index (χ0v) is 15.7. The molecule has 26 heavy (non-hydrogen) atoms. The highest BCUT2D eigenvalue weighted by Crippen LogP contribution is 2.28. The van der Waals surface area contributed by atoms with Gasteiger partial charge in [-0.25, -0.2) is 4.98 Å². The normalized spacial score (nSPS) is 10.8. The highest BCUT2D eigenvalue weighted by molar-refractivity contribution is 7.14. The van der Waals surface area contributed by atoms with Gasteiger partial charge in [-0.15, -0.1) is 11.3 Å². The van der Waals surface area contributed by atoms with Crippen molar-refractivity contribution >= 4 is 56.3 Å². The van der Waals surface area contributed by atoms with Gasteiger partial charge < -0.3 is 0 Å². The van der Waals surface area contributed by atoms with E-state index in [1.165, 1.54) is 16.7 Å². The maximum Gasteiger partial charge on any atom is 0.258 e. The SMILES string of the molecule is O=C(Nc1nc(-c2ccc3ccccc3c2)cs1)c1ccc(Cl)cc1Cl. The van der Waals surface area contributed by atoms with Gasteiger partial charge >= 0.3 is 0 Å². The van der Waals surface area contributed by atoms with Gasteiger partial charge in [0.2, 0.25) is 0 Å². The molecule has 128 valence electrons. The van der Waals surface area contributed by atoms with Gasteiger partial charge in [-0.2, -0.15) is 0 Å². The predicted octanol–water partition coefficient (Wildman–Crippen LogP) is 6.52. The predicted molar refractivity (Wildman–Crippen MR) is 109 cm³/mol. The Labute approximate surface area is 164 Å². The van der Waals surface area contributed by atoms with Crippen LogP contribution >= 0.6 is 34.5 Å². The molecule has 0 saturated carbocycles. The Bertz CT molecular complexity index is 1120. The number of aromatic nitrogens is 1. The van der Waals surface area contributed by atoms with Gasteiger partial charge in [-0.3, -0.25) is 10.1 Å². The van der Waals surface area contributed by atoms with Crippen molar-refractivity contribution in [2.24, 2.45) is 0 Å². The van der Waals surface area contributed by atoms with E-state index in [9.17, 15) is 4.79 Å². The fraction of sp³-hybridized carbons (Fsp3) is 0. The molecule has 3 aromatic carbocycles. The van der Waals surface area contributed by atoms with Crippen molar-refractivity contribution in [3.8, 4) is 11.3 Å². The van der Waals surface area contributed by atoms with E-state index >= 15 is 0 Å². The molecule has 4 aromatic rings. The molecule has 0 aliphatic carbocycles. The van der Waals surface area contributed by atoms with Crippen LogP contribution in [0.1, 0.15) is 10.4 Å². The molecule has 1 aromatic heterocycles. The average Bonchev–Trinajstić information content (AvgIpc) is 3.09. The van der Waals surface area contributed by atoms with Crippen LogP contribution in [-0.4, -0.2) is 10.9 Å². The Hall–Kier alpha value is -2.40. The van der Waals surface area contributed by atoms with Crippen molar-refractivity contribution < 1.29 is 4.79 Å². The molecule has 0 atom stereocenters. The molecular formula is C20H12Cl2N2OS. The van der Waals surface area contributed by atoms with Crippen molar-refractivity contribution in [1.82, 2.24) is 4.98 Å². The van der Waals surface area contributed by atoms with Crippen molar-refractivity contribution in [2.45, 2.75) is 0 Å². The summed E-state index contributed by atoms with van der Waals surface area (Å²) < 4.78 is 0. The van der Waals surface area contributed by atoms with Crippen LogP contribution in [0.15, 0.2) is 66.0 Å². The van der Waals surface area contributed by atoms with Gasteiger partial charge in [0.1, 0.15) is 0 Å². The largest absolute Gasteiger partial charge is 0.298 e. The van der Waals surface area contributed by atoms with E-state index in [-0.39, 0.29) is 5.91 Å². The number of anilines is 1. The minimum Gasteiger partial charge on any atom is -0.298 e. The number of nitrogens with one attached hydrogen (secondary N) is 1. The molecule has 0 spiro atoms. The van der Waals surface area contributed by atoms with Crippen LogP contribution in [0.25, 0.3) is 22.0 Å². The molecule has 3 nitrogen and oxygen atoms in total. The third-order valence-electron chi connectivity index (χ3n) is 3.95. The first kappa shape index (κ1) is 17.0. The Morgan fingerprint density at radius 1 is 0.962 bits per heavy atom. The fourth-order valence-corrected chi connectivity index (χ4v) is 3.86. The lowest BCUT2D eigenvalue weighted by Crippen LogP contribution is -2.12. The topological polar surface area (TPSA) is 42.0 Å². The summed E-state index contributed by atoms with van der Waals surface area (Å²) in [6.45, 7) is 0. The number of carbonyl (C=O) groups is 1. The second-order valence-corrected chi connectivity index (χ2v) is 7.38. The van der Waals surface area contributed by atoms with E-state index in [4.69, 9.17) is 23.2 Å². The fourth-order valence-electron chi connectivity index (χ4n) is 2.65. The summed E-state index contributed by atoms with van der Waals surface area (Å²) in [5.74, 6) is -0.314. The van der Waals surface area contributed by atoms with E-state index in [2.05, 4.69) is 34.6 Å². The van der Waals surface area contributed by atoms with Gasteiger partial charge in [0.25, 0.3) is 5.91 Å². The first-order valence-electron chi connectivity index (χ1n) is 7.81. The van der Waals surface area contributed by atoms with E-state index in [1.54, 1.807) is 18.2 Å². The summed E-state index contributed by atoms with van der Waals surface area (Å²) in [7, 11) is 0. The molecule has 0 saturated heterocycles. The number of hydrogen-bond donors (Lipinski definition) is 1. The van der Waals surface area contributed by atoms with Gasteiger partial charge in [0.05, 0.1) is 16.3 Å². The second kappa shape index (κ2) is 7.08. The summed E-state index contributed by atoms with van der Waals surface area (Å²) in [6, 6.07) is 19.1. The average molecular weight is 399 g/mol. The zero-order valence-electron chi connectivity index (χ0n) is 13.4. The van der Waals surface area contributed by atoms with Crippen LogP contribution in [0.2, 0.25) is 10.0 Å². The molecule has 0 radical (unpaired) electrons. The molecule has 0 aliphatic heterocycles. The number of fused-ring (bicyclic) bond motifs is 1. The first-order valence-corrected chi connectivity index (χ1v) is 9.45. The lowest BCUT2D eigenvalue weighted by atomic mass is 10.1. The molecule has 6 heteroatoms. The number of halogens is 2. The smallest absolute Gasteiger partial charge is 0.258 e. The number of hydrogen-bond acceptors (Lipinski definition) is 3. The minimum absolute atomic E-state index is 0.307. The van der Waals surface area contributed by atoms with Gasteiger partial charge in [0, 0.05) is 16.0 Å². The van der Waals surface area contributed by atoms with Crippen LogP contribution < -0.4 is 5.32 Å². The Kier molecular flexibility index (Phi) is 4.64. The number of amides is 1. The van der Waals surface area contributed by atoms with Gasteiger partial charge in [-0.1, -0.05) is 59.6 Å². The number of benzene rings is 3. The Balaban J connectivity index is 1.58. The van der Waals surface area contributed by atoms with Crippen LogP contribution in [0.3, 0.4) is 0 Å². The van der Waals surface area contributed by atoms with Crippen molar-refractivity contribution in [3.05, 3.63) is 81.7 Å². The summed E-state index contributed by atoms with van der Waals surface area (Å²) in [6.07, 6.45) is 0. The molecule has 0 bridgehead atoms. The molecule has 4 rings (SSSR count). The van der Waals surface area contributed by atoms with Gasteiger partial charge in [-0.05, 0) is 35.0 Å². The van der Waals surface area contributed by atoms with Crippen molar-refractivity contribution in [3.63, 3.8) is 0 Å². The van der Waals surface area contributed by atoms with Crippen LogP contribution in [-0.2, 0) is 0 Å². The molecule has 1 N–H and O–H groups in total. The van der Waals surface area contributed by atoms with E-state index in [0.717, 1.165) is 16.6 Å². The molecular weight excluding hydrogens is 387 g/mol. The van der Waals surface area contributed by atoms with Crippen LogP contribution in [0.5, 0.6) is 0 Å². The zero-order chi connectivity index (χ0) is 18.1. The van der Waals surface area contributed by atoms with Crippen LogP contribution in [0, 0.1) is 0 Å². The number of carbonyl (C=O) groups excluding carboxylic acids is 1. The third-order valence-corrected chi connectivity index (χ3v) is 5.25. The molecule has 1 heterocycles. The highest BCUT2D eigenvalue weighted by Gasteiger charge is 2.13. The summed E-state index contributed by atoms with van der Waals surface area (Å²) in [5.41, 5.74) is 2.18. The van der Waals surface area contributed by atoms with Crippen molar-refractivity contribution in [1.29, 1.82) is 0 Å². The first-order chi connectivity index (χ1) is 12.6. The number of rotatable bonds is 3. The maximum atomic E-state index is 12.4. The minimum atomic E-state index is -0.314. The van der Waals surface area contributed by atoms with E-state index in [0.29, 0.717) is 20.7 Å². The molecule has 1 amide bonds. The van der Waals surface area contributed by atoms with Crippen molar-refractivity contribution in [2.75, 3.05) is 5.32 Å². The van der Waals surface area contributed by atoms with E-state index in [1.807, 2.05) is 23.6 Å². The summed E-state index contributed by atoms with van der Waals surface area (Å²) >= 11 is 13.3. The summed E-state index contributed by atoms with van der Waals surface area (Å²) in [5, 5.41) is 8.34. The highest BCUT2D eigenvalue weighted by atomic mass is 35.5. The Morgan fingerprint density at radius 2 is 1.77 bits per heavy atom. The molecule has 0 unspecified atom stereocenters. The third kappa shape index (κ3) is 3.44. The molecule has 0 fully saturated rings. The number of nitrogens with zero attached hydrogens (tertiary/aromatic N) is 1. The van der Waals surface area contributed by atoms with Gasteiger partial charge in [0.15, 0.2) is 5.13 Å². The molecule has 0 aliphatic rings. The quantitative estimate of drug-likeness (QED) is 0.426. The maximum absolute atomic E-state index is 12.4. The second-order valence-electron chi connectivity index (χ2n) is 5.68. The lowest BCUT2D eigenvalue weighted by molar-refractivity contribution is 0.102. The lowest BCUT2D eigenvalue weighted by Gasteiger charge is -2.04.